The standard InChI is InChI=1S/C31H35ClFN5O5/c1-31(2,3)43-30(41)34-13-6-16-42-26-18-22(38-14-4-5-15-38)9-10-23(26)28(39)36-25-11-8-21(33)17-24(25)29(40)37-27-12-7-20(32)19-35-27/h7-12,17-19H,4-6,13-16H2,1-3H3,(H,34,41)(H,36,39)(H,35,37,40). The average Bonchev–Trinajstić information content (AvgIpc) is 3.49. The maximum absolute atomic E-state index is 14.2. The lowest BCUT2D eigenvalue weighted by atomic mass is 10.1. The summed E-state index contributed by atoms with van der Waals surface area (Å²) in [5.41, 5.74) is 0.575. The summed E-state index contributed by atoms with van der Waals surface area (Å²) in [6.07, 6.45) is 3.47. The Kier molecular flexibility index (Phi) is 10.4. The molecule has 0 atom stereocenters. The van der Waals surface area contributed by atoms with Crippen LogP contribution in [0.25, 0.3) is 0 Å². The van der Waals surface area contributed by atoms with E-state index in [9.17, 15) is 18.8 Å². The van der Waals surface area contributed by atoms with Gasteiger partial charge < -0.3 is 30.3 Å². The predicted molar refractivity (Wildman–Crippen MR) is 164 cm³/mol. The molecule has 228 valence electrons. The molecule has 10 nitrogen and oxygen atoms in total. The molecule has 1 fully saturated rings. The molecule has 3 amide bonds. The van der Waals surface area contributed by atoms with Crippen LogP contribution in [0, 0.1) is 5.82 Å². The summed E-state index contributed by atoms with van der Waals surface area (Å²) >= 11 is 5.86. The minimum Gasteiger partial charge on any atom is -0.493 e. The van der Waals surface area contributed by atoms with Crippen LogP contribution in [-0.2, 0) is 4.74 Å². The van der Waals surface area contributed by atoms with Crippen molar-refractivity contribution in [3.8, 4) is 5.75 Å². The summed E-state index contributed by atoms with van der Waals surface area (Å²) in [6, 6.07) is 11.9. The number of anilines is 3. The number of alkyl carbamates (subject to hydrolysis) is 1. The summed E-state index contributed by atoms with van der Waals surface area (Å²) in [7, 11) is 0. The van der Waals surface area contributed by atoms with Crippen molar-refractivity contribution in [2.75, 3.05) is 41.8 Å². The van der Waals surface area contributed by atoms with Gasteiger partial charge in [-0.2, -0.15) is 0 Å². The van der Waals surface area contributed by atoms with Crippen LogP contribution in [0.1, 0.15) is 60.7 Å². The Hall–Kier alpha value is -4.38. The van der Waals surface area contributed by atoms with E-state index >= 15 is 0 Å². The van der Waals surface area contributed by atoms with Gasteiger partial charge in [0.2, 0.25) is 0 Å². The van der Waals surface area contributed by atoms with Crippen molar-refractivity contribution in [3.63, 3.8) is 0 Å². The van der Waals surface area contributed by atoms with E-state index in [4.69, 9.17) is 21.1 Å². The summed E-state index contributed by atoms with van der Waals surface area (Å²) in [5.74, 6) is -1.29. The number of benzene rings is 2. The van der Waals surface area contributed by atoms with Gasteiger partial charge in [0.25, 0.3) is 11.8 Å². The zero-order chi connectivity index (χ0) is 31.0. The highest BCUT2D eigenvalue weighted by Gasteiger charge is 2.21. The van der Waals surface area contributed by atoms with Crippen LogP contribution in [0.3, 0.4) is 0 Å². The molecule has 1 aliphatic rings. The Bertz CT molecular complexity index is 1460. The second-order valence-electron chi connectivity index (χ2n) is 11.0. The summed E-state index contributed by atoms with van der Waals surface area (Å²) in [5, 5.41) is 8.38. The molecule has 1 saturated heterocycles. The number of ether oxygens (including phenoxy) is 2. The number of rotatable bonds is 10. The first-order chi connectivity index (χ1) is 20.5. The monoisotopic (exact) mass is 611 g/mol. The molecule has 3 N–H and O–H groups in total. The van der Waals surface area contributed by atoms with E-state index in [1.807, 2.05) is 12.1 Å². The number of hydrogen-bond acceptors (Lipinski definition) is 7. The zero-order valence-corrected chi connectivity index (χ0v) is 25.1. The van der Waals surface area contributed by atoms with E-state index < -0.39 is 29.3 Å². The number of nitrogens with one attached hydrogen (secondary N) is 3. The highest BCUT2D eigenvalue weighted by molar-refractivity contribution is 6.30. The number of hydrogen-bond donors (Lipinski definition) is 3. The molecule has 2 aromatic carbocycles. The summed E-state index contributed by atoms with van der Waals surface area (Å²) in [4.78, 5) is 44.7. The molecule has 12 heteroatoms. The van der Waals surface area contributed by atoms with Crippen molar-refractivity contribution in [2.24, 2.45) is 0 Å². The lowest BCUT2D eigenvalue weighted by molar-refractivity contribution is 0.0525. The third-order valence-corrected chi connectivity index (χ3v) is 6.59. The minimum absolute atomic E-state index is 0.0885. The van der Waals surface area contributed by atoms with Crippen LogP contribution >= 0.6 is 11.6 Å². The van der Waals surface area contributed by atoms with E-state index in [-0.39, 0.29) is 29.2 Å². The first-order valence-corrected chi connectivity index (χ1v) is 14.4. The number of halogens is 2. The van der Waals surface area contributed by atoms with Gasteiger partial charge in [0.1, 0.15) is 23.0 Å². The van der Waals surface area contributed by atoms with Crippen LogP contribution < -0.4 is 25.6 Å². The summed E-state index contributed by atoms with van der Waals surface area (Å²) in [6.45, 7) is 7.70. The van der Waals surface area contributed by atoms with Crippen molar-refractivity contribution < 1.29 is 28.2 Å². The van der Waals surface area contributed by atoms with E-state index in [2.05, 4.69) is 25.8 Å². The molecule has 0 bridgehead atoms. The van der Waals surface area contributed by atoms with Crippen LogP contribution in [-0.4, -0.2) is 54.7 Å². The fourth-order valence-electron chi connectivity index (χ4n) is 4.39. The van der Waals surface area contributed by atoms with E-state index in [0.717, 1.165) is 43.8 Å². The molecular weight excluding hydrogens is 577 g/mol. The first-order valence-electron chi connectivity index (χ1n) is 14.0. The van der Waals surface area contributed by atoms with Crippen LogP contribution in [0.5, 0.6) is 5.75 Å². The molecular formula is C31H35ClFN5O5. The van der Waals surface area contributed by atoms with Gasteiger partial charge in [0, 0.05) is 37.6 Å². The maximum Gasteiger partial charge on any atom is 0.407 e. The molecule has 43 heavy (non-hydrogen) atoms. The largest absolute Gasteiger partial charge is 0.493 e. The van der Waals surface area contributed by atoms with Gasteiger partial charge in [-0.05, 0) is 82.5 Å². The SMILES string of the molecule is CC(C)(C)OC(=O)NCCCOc1cc(N2CCCC2)ccc1C(=O)Nc1ccc(F)cc1C(=O)Nc1ccc(Cl)cn1. The van der Waals surface area contributed by atoms with Crippen molar-refractivity contribution in [2.45, 2.75) is 45.6 Å². The number of pyridine rings is 1. The van der Waals surface area contributed by atoms with Gasteiger partial charge in [-0.15, -0.1) is 0 Å². The maximum atomic E-state index is 14.2. The lowest BCUT2D eigenvalue weighted by Gasteiger charge is -2.21. The van der Waals surface area contributed by atoms with Gasteiger partial charge in [-0.1, -0.05) is 11.6 Å². The Labute approximate surface area is 254 Å². The van der Waals surface area contributed by atoms with Gasteiger partial charge in [0.15, 0.2) is 0 Å². The van der Waals surface area contributed by atoms with Gasteiger partial charge >= 0.3 is 6.09 Å². The van der Waals surface area contributed by atoms with Crippen LogP contribution in [0.4, 0.5) is 26.4 Å². The lowest BCUT2D eigenvalue weighted by Crippen LogP contribution is -2.33. The molecule has 0 aliphatic carbocycles. The smallest absolute Gasteiger partial charge is 0.407 e. The fourth-order valence-corrected chi connectivity index (χ4v) is 4.50. The third-order valence-electron chi connectivity index (χ3n) is 6.37. The molecule has 2 heterocycles. The quantitative estimate of drug-likeness (QED) is 0.231. The predicted octanol–water partition coefficient (Wildman–Crippen LogP) is 6.27. The molecule has 1 aliphatic heterocycles. The first kappa shape index (κ1) is 31.6. The van der Waals surface area contributed by atoms with Gasteiger partial charge in [-0.25, -0.2) is 14.2 Å². The van der Waals surface area contributed by atoms with E-state index in [1.54, 1.807) is 32.9 Å². The molecule has 4 rings (SSSR count). The Morgan fingerprint density at radius 2 is 1.72 bits per heavy atom. The molecule has 0 unspecified atom stereocenters. The topological polar surface area (TPSA) is 122 Å². The normalized spacial score (nSPS) is 12.9. The number of nitrogens with zero attached hydrogens (tertiary/aromatic N) is 2. The highest BCUT2D eigenvalue weighted by atomic mass is 35.5. The zero-order valence-electron chi connectivity index (χ0n) is 24.3. The summed E-state index contributed by atoms with van der Waals surface area (Å²) < 4.78 is 25.4. The number of aromatic nitrogens is 1. The highest BCUT2D eigenvalue weighted by Crippen LogP contribution is 2.30. The van der Waals surface area contributed by atoms with Crippen LogP contribution in [0.2, 0.25) is 5.02 Å². The minimum atomic E-state index is -0.664. The van der Waals surface area contributed by atoms with Gasteiger partial charge in [0.05, 0.1) is 28.4 Å². The third kappa shape index (κ3) is 9.31. The van der Waals surface area contributed by atoms with Crippen LogP contribution in [0.15, 0.2) is 54.7 Å². The fraction of sp³-hybridized carbons (Fsp3) is 0.355. The van der Waals surface area contributed by atoms with Gasteiger partial charge in [-0.3, -0.25) is 9.59 Å². The molecule has 0 spiro atoms. The molecule has 0 saturated carbocycles. The van der Waals surface area contributed by atoms with E-state index in [1.165, 1.54) is 18.3 Å². The Morgan fingerprint density at radius 3 is 2.42 bits per heavy atom. The molecule has 3 aromatic rings. The second kappa shape index (κ2) is 14.2. The Morgan fingerprint density at radius 1 is 0.977 bits per heavy atom. The van der Waals surface area contributed by atoms with Crippen molar-refractivity contribution in [1.29, 1.82) is 0 Å². The number of carbonyl (C=O) groups excluding carboxylic acids is 3. The molecule has 1 aromatic heterocycles. The number of carbonyl (C=O) groups is 3. The molecule has 0 radical (unpaired) electrons. The van der Waals surface area contributed by atoms with Crippen molar-refractivity contribution >= 4 is 46.7 Å². The van der Waals surface area contributed by atoms with Crippen molar-refractivity contribution in [1.82, 2.24) is 10.3 Å². The second-order valence-corrected chi connectivity index (χ2v) is 11.4. The van der Waals surface area contributed by atoms with Crippen molar-refractivity contribution in [3.05, 3.63) is 76.7 Å². The van der Waals surface area contributed by atoms with E-state index in [0.29, 0.717) is 23.7 Å². The number of amides is 3. The Balaban J connectivity index is 1.48. The average molecular weight is 612 g/mol.